The van der Waals surface area contributed by atoms with Gasteiger partial charge in [0.2, 0.25) is 5.91 Å². The van der Waals surface area contributed by atoms with E-state index in [1.165, 1.54) is 0 Å². The van der Waals surface area contributed by atoms with Gasteiger partial charge in [-0.3, -0.25) is 9.63 Å². The van der Waals surface area contributed by atoms with Gasteiger partial charge < -0.3 is 16.2 Å². The van der Waals surface area contributed by atoms with Gasteiger partial charge in [0, 0.05) is 12.0 Å². The third-order valence-electron chi connectivity index (χ3n) is 4.33. The Morgan fingerprint density at radius 3 is 2.76 bits per heavy atom. The second-order valence-corrected chi connectivity index (χ2v) is 6.02. The van der Waals surface area contributed by atoms with Crippen LogP contribution in [0.3, 0.4) is 0 Å². The van der Waals surface area contributed by atoms with Crippen molar-refractivity contribution in [2.24, 2.45) is 5.73 Å². The molecule has 25 heavy (non-hydrogen) atoms. The fourth-order valence-electron chi connectivity index (χ4n) is 3.08. The number of fused-ring (bicyclic) bond motifs is 2. The van der Waals surface area contributed by atoms with Crippen molar-refractivity contribution < 1.29 is 24.3 Å². The molecule has 0 radical (unpaired) electrons. The molecule has 8 heteroatoms. The average molecular weight is 345 g/mol. The zero-order valence-electron chi connectivity index (χ0n) is 13.5. The van der Waals surface area contributed by atoms with Gasteiger partial charge in [0.15, 0.2) is 0 Å². The summed E-state index contributed by atoms with van der Waals surface area (Å²) in [6, 6.07) is 5.86. The van der Waals surface area contributed by atoms with E-state index in [9.17, 15) is 19.5 Å². The van der Waals surface area contributed by atoms with Crippen LogP contribution in [0.5, 0.6) is 0 Å². The number of aryl methyl sites for hydroxylation is 1. The molecule has 0 spiro atoms. The van der Waals surface area contributed by atoms with Crippen LogP contribution in [-0.2, 0) is 20.8 Å². The number of hydrogen-bond donors (Lipinski definition) is 3. The second-order valence-electron chi connectivity index (χ2n) is 6.02. The summed E-state index contributed by atoms with van der Waals surface area (Å²) in [4.78, 5) is 40.2. The molecule has 1 aromatic carbocycles. The van der Waals surface area contributed by atoms with Crippen molar-refractivity contribution in [3.63, 3.8) is 0 Å². The Morgan fingerprint density at radius 2 is 2.04 bits per heavy atom. The lowest BCUT2D eigenvalue weighted by molar-refractivity contribution is -0.139. The molecule has 4 N–H and O–H groups in total. The fourth-order valence-corrected chi connectivity index (χ4v) is 3.08. The van der Waals surface area contributed by atoms with Crippen LogP contribution in [0.4, 0.5) is 4.79 Å². The zero-order valence-corrected chi connectivity index (χ0v) is 13.5. The SMILES string of the molecule is NC(=O)CC[C@H](NC(=O)N1OCC2=C1c1ccccc1CC2)C(=O)O. The Bertz CT molecular complexity index is 758. The quantitative estimate of drug-likeness (QED) is 0.735. The van der Waals surface area contributed by atoms with Crippen molar-refractivity contribution in [1.29, 1.82) is 0 Å². The number of urea groups is 1. The normalized spacial score (nSPS) is 16.9. The van der Waals surface area contributed by atoms with E-state index in [-0.39, 0.29) is 12.8 Å². The van der Waals surface area contributed by atoms with Gasteiger partial charge in [-0.2, -0.15) is 5.06 Å². The highest BCUT2D eigenvalue weighted by atomic mass is 16.7. The first-order chi connectivity index (χ1) is 12.0. The van der Waals surface area contributed by atoms with Gasteiger partial charge in [-0.1, -0.05) is 24.3 Å². The summed E-state index contributed by atoms with van der Waals surface area (Å²) in [5.74, 6) is -1.85. The minimum absolute atomic E-state index is 0.0766. The summed E-state index contributed by atoms with van der Waals surface area (Å²) >= 11 is 0. The van der Waals surface area contributed by atoms with E-state index in [0.717, 1.165) is 34.6 Å². The van der Waals surface area contributed by atoms with E-state index in [1.807, 2.05) is 24.3 Å². The summed E-state index contributed by atoms with van der Waals surface area (Å²) in [6.45, 7) is 0.302. The van der Waals surface area contributed by atoms with E-state index in [1.54, 1.807) is 0 Å². The van der Waals surface area contributed by atoms with Gasteiger partial charge >= 0.3 is 12.0 Å². The third kappa shape index (κ3) is 3.48. The number of nitrogens with two attached hydrogens (primary N) is 1. The molecule has 2 aliphatic rings. The molecule has 0 saturated carbocycles. The summed E-state index contributed by atoms with van der Waals surface area (Å²) < 4.78 is 0. The number of amides is 3. The van der Waals surface area contributed by atoms with Gasteiger partial charge in [-0.15, -0.1) is 0 Å². The van der Waals surface area contributed by atoms with Crippen LogP contribution in [0.2, 0.25) is 0 Å². The largest absolute Gasteiger partial charge is 0.480 e. The van der Waals surface area contributed by atoms with Crippen LogP contribution in [-0.4, -0.2) is 40.7 Å². The summed E-state index contributed by atoms with van der Waals surface area (Å²) in [6.07, 6.45) is 1.46. The number of nitrogens with one attached hydrogen (secondary N) is 1. The standard InChI is InChI=1S/C17H19N3O5/c18-14(21)8-7-13(16(22)23)19-17(24)20-15-11(9-25-20)6-5-10-3-1-2-4-12(10)15/h1-4,13H,5-9H2,(H2,18,21)(H,19,24)(H,22,23)/t13-/m0/s1. The first-order valence-corrected chi connectivity index (χ1v) is 8.02. The van der Waals surface area contributed by atoms with Crippen molar-refractivity contribution in [2.45, 2.75) is 31.7 Å². The summed E-state index contributed by atoms with van der Waals surface area (Å²) in [5.41, 5.74) is 8.77. The van der Waals surface area contributed by atoms with Crippen LogP contribution < -0.4 is 11.1 Å². The number of carboxylic acids is 1. The van der Waals surface area contributed by atoms with Crippen molar-refractivity contribution in [1.82, 2.24) is 10.4 Å². The number of rotatable bonds is 5. The van der Waals surface area contributed by atoms with Gasteiger partial charge in [0.1, 0.15) is 6.04 Å². The lowest BCUT2D eigenvalue weighted by Gasteiger charge is -2.25. The third-order valence-corrected chi connectivity index (χ3v) is 4.33. The Balaban J connectivity index is 1.77. The molecular formula is C17H19N3O5. The Labute approximate surface area is 144 Å². The van der Waals surface area contributed by atoms with E-state index < -0.39 is 23.9 Å². The first kappa shape index (κ1) is 17.0. The second kappa shape index (κ2) is 6.94. The van der Waals surface area contributed by atoms with Crippen molar-refractivity contribution in [3.05, 3.63) is 41.0 Å². The molecular weight excluding hydrogens is 326 g/mol. The van der Waals surface area contributed by atoms with Crippen LogP contribution in [0.15, 0.2) is 29.8 Å². The average Bonchev–Trinajstić information content (AvgIpc) is 3.02. The summed E-state index contributed by atoms with van der Waals surface area (Å²) in [7, 11) is 0. The summed E-state index contributed by atoms with van der Waals surface area (Å²) in [5, 5.41) is 12.7. The number of hydroxylamine groups is 2. The molecule has 0 fully saturated rings. The maximum atomic E-state index is 12.5. The van der Waals surface area contributed by atoms with E-state index >= 15 is 0 Å². The Morgan fingerprint density at radius 1 is 1.28 bits per heavy atom. The van der Waals surface area contributed by atoms with Gasteiger partial charge in [-0.25, -0.2) is 9.59 Å². The topological polar surface area (TPSA) is 122 Å². The fraction of sp³-hybridized carbons (Fsp3) is 0.353. The van der Waals surface area contributed by atoms with Crippen LogP contribution in [0, 0.1) is 0 Å². The van der Waals surface area contributed by atoms with E-state index in [2.05, 4.69) is 5.32 Å². The molecule has 132 valence electrons. The van der Waals surface area contributed by atoms with Crippen molar-refractivity contribution in [2.75, 3.05) is 6.61 Å². The maximum Gasteiger partial charge on any atom is 0.346 e. The van der Waals surface area contributed by atoms with E-state index in [0.29, 0.717) is 12.3 Å². The molecule has 8 nitrogen and oxygen atoms in total. The molecule has 1 aliphatic heterocycles. The molecule has 3 amide bonds. The number of nitrogens with zero attached hydrogens (tertiary/aromatic N) is 1. The minimum atomic E-state index is -1.23. The monoisotopic (exact) mass is 345 g/mol. The molecule has 1 aromatic rings. The Hall–Kier alpha value is -2.87. The first-order valence-electron chi connectivity index (χ1n) is 8.02. The zero-order chi connectivity index (χ0) is 18.0. The minimum Gasteiger partial charge on any atom is -0.480 e. The predicted molar refractivity (Wildman–Crippen MR) is 87.9 cm³/mol. The maximum absolute atomic E-state index is 12.5. The molecule has 1 aliphatic carbocycles. The lowest BCUT2D eigenvalue weighted by Crippen LogP contribution is -2.46. The number of carbonyl (C=O) groups excluding carboxylic acids is 2. The highest BCUT2D eigenvalue weighted by Crippen LogP contribution is 2.38. The highest BCUT2D eigenvalue weighted by molar-refractivity contribution is 5.90. The molecule has 0 unspecified atom stereocenters. The lowest BCUT2D eigenvalue weighted by atomic mass is 9.90. The molecule has 0 aromatic heterocycles. The van der Waals surface area contributed by atoms with Crippen molar-refractivity contribution in [3.8, 4) is 0 Å². The predicted octanol–water partition coefficient (Wildman–Crippen LogP) is 1.02. The van der Waals surface area contributed by atoms with Crippen molar-refractivity contribution >= 4 is 23.6 Å². The number of benzene rings is 1. The van der Waals surface area contributed by atoms with Crippen LogP contribution >= 0.6 is 0 Å². The van der Waals surface area contributed by atoms with Gasteiger partial charge in [-0.05, 0) is 30.4 Å². The number of aliphatic carboxylic acids is 1. The number of carboxylic acid groups (broad SMARTS) is 1. The highest BCUT2D eigenvalue weighted by Gasteiger charge is 2.35. The van der Waals surface area contributed by atoms with Gasteiger partial charge in [0.05, 0.1) is 12.3 Å². The molecule has 1 atom stereocenters. The van der Waals surface area contributed by atoms with Gasteiger partial charge in [0.25, 0.3) is 0 Å². The molecule has 1 heterocycles. The number of primary amides is 1. The smallest absolute Gasteiger partial charge is 0.346 e. The molecule has 3 rings (SSSR count). The van der Waals surface area contributed by atoms with Crippen LogP contribution in [0.1, 0.15) is 30.4 Å². The Kier molecular flexibility index (Phi) is 4.71. The number of carbonyl (C=O) groups is 3. The van der Waals surface area contributed by atoms with Crippen LogP contribution in [0.25, 0.3) is 5.70 Å². The van der Waals surface area contributed by atoms with E-state index in [4.69, 9.17) is 10.6 Å². The molecule has 0 bridgehead atoms. The molecule has 0 saturated heterocycles. The number of hydrogen-bond acceptors (Lipinski definition) is 4.